The molecule has 0 bridgehead atoms. The van der Waals surface area contributed by atoms with Crippen LogP contribution in [-0.2, 0) is 16.0 Å². The second kappa shape index (κ2) is 7.43. The van der Waals surface area contributed by atoms with Gasteiger partial charge < -0.3 is 10.0 Å². The van der Waals surface area contributed by atoms with Crippen molar-refractivity contribution in [2.75, 3.05) is 13.1 Å². The fourth-order valence-corrected chi connectivity index (χ4v) is 3.25. The van der Waals surface area contributed by atoms with E-state index in [1.807, 2.05) is 36.9 Å². The highest BCUT2D eigenvalue weighted by Gasteiger charge is 2.24. The van der Waals surface area contributed by atoms with Crippen LogP contribution in [0.25, 0.3) is 0 Å². The Hall–Kier alpha value is -1.84. The molecule has 0 aromatic heterocycles. The summed E-state index contributed by atoms with van der Waals surface area (Å²) in [7, 11) is 0. The normalized spacial score (nSPS) is 18.3. The van der Waals surface area contributed by atoms with Crippen molar-refractivity contribution in [3.8, 4) is 0 Å². The van der Waals surface area contributed by atoms with E-state index in [4.69, 9.17) is 5.11 Å². The van der Waals surface area contributed by atoms with Crippen molar-refractivity contribution in [2.24, 2.45) is 5.92 Å². The first-order valence-electron chi connectivity index (χ1n) is 8.02. The van der Waals surface area contributed by atoms with Crippen LogP contribution in [0.3, 0.4) is 0 Å². The molecule has 1 N–H and O–H groups in total. The van der Waals surface area contributed by atoms with Crippen molar-refractivity contribution in [2.45, 2.75) is 46.0 Å². The van der Waals surface area contributed by atoms with Crippen LogP contribution < -0.4 is 0 Å². The van der Waals surface area contributed by atoms with Gasteiger partial charge in [0.1, 0.15) is 0 Å². The minimum Gasteiger partial charge on any atom is -0.481 e. The van der Waals surface area contributed by atoms with E-state index in [1.54, 1.807) is 0 Å². The summed E-state index contributed by atoms with van der Waals surface area (Å²) in [5, 5.41) is 8.79. The van der Waals surface area contributed by atoms with Gasteiger partial charge in [-0.05, 0) is 55.7 Å². The number of carboxylic acids is 1. The molecular weight excluding hydrogens is 278 g/mol. The molecule has 2 rings (SSSR count). The number of likely N-dealkylation sites (tertiary alicyclic amines) is 1. The Morgan fingerprint density at radius 2 is 1.95 bits per heavy atom. The maximum absolute atomic E-state index is 12.6. The summed E-state index contributed by atoms with van der Waals surface area (Å²) in [4.78, 5) is 25.2. The van der Waals surface area contributed by atoms with Gasteiger partial charge >= 0.3 is 5.97 Å². The summed E-state index contributed by atoms with van der Waals surface area (Å²) in [6.45, 7) is 5.59. The number of aryl methyl sites for hydroxylation is 2. The highest BCUT2D eigenvalue weighted by atomic mass is 16.4. The molecule has 1 amide bonds. The first-order valence-corrected chi connectivity index (χ1v) is 8.02. The maximum Gasteiger partial charge on any atom is 0.303 e. The van der Waals surface area contributed by atoms with Gasteiger partial charge in [-0.15, -0.1) is 0 Å². The number of rotatable bonds is 5. The van der Waals surface area contributed by atoms with E-state index in [-0.39, 0.29) is 12.3 Å². The third-order valence-corrected chi connectivity index (χ3v) is 4.61. The zero-order chi connectivity index (χ0) is 16.1. The molecule has 0 aliphatic carbocycles. The van der Waals surface area contributed by atoms with Crippen molar-refractivity contribution in [1.29, 1.82) is 0 Å². The molecule has 120 valence electrons. The number of carbonyl (C=O) groups is 2. The molecule has 1 atom stereocenters. The molecule has 1 aromatic carbocycles. The molecule has 4 nitrogen and oxygen atoms in total. The van der Waals surface area contributed by atoms with E-state index in [2.05, 4.69) is 0 Å². The molecule has 1 aromatic rings. The quantitative estimate of drug-likeness (QED) is 0.910. The molecule has 1 saturated heterocycles. The SMILES string of the molecule is Cc1cccc(C)c1CC(=O)N1CCCC(CCC(=O)O)C1. The topological polar surface area (TPSA) is 57.6 Å². The van der Waals surface area contributed by atoms with Crippen LogP contribution >= 0.6 is 0 Å². The van der Waals surface area contributed by atoms with Crippen molar-refractivity contribution in [1.82, 2.24) is 4.90 Å². The lowest BCUT2D eigenvalue weighted by Crippen LogP contribution is -2.41. The van der Waals surface area contributed by atoms with Crippen LogP contribution in [0.5, 0.6) is 0 Å². The van der Waals surface area contributed by atoms with Gasteiger partial charge in [0.05, 0.1) is 6.42 Å². The Balaban J connectivity index is 1.96. The third-order valence-electron chi connectivity index (χ3n) is 4.61. The Kier molecular flexibility index (Phi) is 5.58. The summed E-state index contributed by atoms with van der Waals surface area (Å²) >= 11 is 0. The monoisotopic (exact) mass is 303 g/mol. The van der Waals surface area contributed by atoms with E-state index in [0.29, 0.717) is 25.3 Å². The van der Waals surface area contributed by atoms with Gasteiger partial charge in [-0.2, -0.15) is 0 Å². The molecule has 1 heterocycles. The lowest BCUT2D eigenvalue weighted by molar-refractivity contribution is -0.137. The molecular formula is C18H25NO3. The second-order valence-electron chi connectivity index (χ2n) is 6.33. The third kappa shape index (κ3) is 4.33. The predicted octanol–water partition coefficient (Wildman–Crippen LogP) is 2.95. The van der Waals surface area contributed by atoms with Gasteiger partial charge in [-0.3, -0.25) is 9.59 Å². The van der Waals surface area contributed by atoms with Crippen LogP contribution in [0.2, 0.25) is 0 Å². The minimum atomic E-state index is -0.751. The van der Waals surface area contributed by atoms with Gasteiger partial charge in [0.25, 0.3) is 0 Å². The number of nitrogens with zero attached hydrogens (tertiary/aromatic N) is 1. The fourth-order valence-electron chi connectivity index (χ4n) is 3.25. The number of amides is 1. The molecule has 0 spiro atoms. The number of carbonyl (C=O) groups excluding carboxylic acids is 1. The molecule has 0 radical (unpaired) electrons. The zero-order valence-electron chi connectivity index (χ0n) is 13.5. The predicted molar refractivity (Wildman–Crippen MR) is 85.8 cm³/mol. The lowest BCUT2D eigenvalue weighted by Gasteiger charge is -2.33. The van der Waals surface area contributed by atoms with E-state index >= 15 is 0 Å². The summed E-state index contributed by atoms with van der Waals surface area (Å²) in [6, 6.07) is 6.10. The fraction of sp³-hybridized carbons (Fsp3) is 0.556. The average Bonchev–Trinajstić information content (AvgIpc) is 2.49. The summed E-state index contributed by atoms with van der Waals surface area (Å²) in [5.74, 6) is -0.261. The number of piperidine rings is 1. The van der Waals surface area contributed by atoms with Gasteiger partial charge in [0.15, 0.2) is 0 Å². The van der Waals surface area contributed by atoms with Gasteiger partial charge in [0, 0.05) is 19.5 Å². The summed E-state index contributed by atoms with van der Waals surface area (Å²) < 4.78 is 0. The van der Waals surface area contributed by atoms with E-state index in [0.717, 1.165) is 36.1 Å². The Labute approximate surface area is 132 Å². The molecule has 1 fully saturated rings. The van der Waals surface area contributed by atoms with Gasteiger partial charge in [-0.25, -0.2) is 0 Å². The first kappa shape index (κ1) is 16.5. The molecule has 1 unspecified atom stereocenters. The number of carboxylic acid groups (broad SMARTS) is 1. The van der Waals surface area contributed by atoms with Gasteiger partial charge in [0.2, 0.25) is 5.91 Å². The number of hydrogen-bond donors (Lipinski definition) is 1. The first-order chi connectivity index (χ1) is 10.5. The van der Waals surface area contributed by atoms with Crippen molar-refractivity contribution >= 4 is 11.9 Å². The van der Waals surface area contributed by atoms with E-state index in [1.165, 1.54) is 0 Å². The Bertz CT molecular complexity index is 533. The average molecular weight is 303 g/mol. The van der Waals surface area contributed by atoms with Crippen LogP contribution in [0.1, 0.15) is 42.4 Å². The van der Waals surface area contributed by atoms with Crippen LogP contribution in [-0.4, -0.2) is 35.0 Å². The molecule has 22 heavy (non-hydrogen) atoms. The maximum atomic E-state index is 12.6. The minimum absolute atomic E-state index is 0.164. The number of benzene rings is 1. The second-order valence-corrected chi connectivity index (χ2v) is 6.33. The van der Waals surface area contributed by atoms with Crippen LogP contribution in [0.4, 0.5) is 0 Å². The zero-order valence-corrected chi connectivity index (χ0v) is 13.5. The standard InChI is InChI=1S/C18H25NO3/c1-13-5-3-6-14(2)16(13)11-17(20)19-10-4-7-15(12-19)8-9-18(21)22/h3,5-6,15H,4,7-12H2,1-2H3,(H,21,22). The number of hydrogen-bond acceptors (Lipinski definition) is 2. The summed E-state index contributed by atoms with van der Waals surface area (Å²) in [5.41, 5.74) is 3.45. The summed E-state index contributed by atoms with van der Waals surface area (Å²) in [6.07, 6.45) is 3.32. The number of aliphatic carboxylic acids is 1. The van der Waals surface area contributed by atoms with Crippen molar-refractivity contribution in [3.05, 3.63) is 34.9 Å². The molecule has 0 saturated carbocycles. The van der Waals surface area contributed by atoms with Gasteiger partial charge in [-0.1, -0.05) is 18.2 Å². The lowest BCUT2D eigenvalue weighted by atomic mass is 9.92. The van der Waals surface area contributed by atoms with Crippen molar-refractivity contribution in [3.63, 3.8) is 0 Å². The molecule has 1 aliphatic rings. The highest BCUT2D eigenvalue weighted by Crippen LogP contribution is 2.22. The van der Waals surface area contributed by atoms with E-state index < -0.39 is 5.97 Å². The van der Waals surface area contributed by atoms with Crippen molar-refractivity contribution < 1.29 is 14.7 Å². The largest absolute Gasteiger partial charge is 0.481 e. The Morgan fingerprint density at radius 1 is 1.27 bits per heavy atom. The van der Waals surface area contributed by atoms with E-state index in [9.17, 15) is 9.59 Å². The Morgan fingerprint density at radius 3 is 2.59 bits per heavy atom. The smallest absolute Gasteiger partial charge is 0.303 e. The highest BCUT2D eigenvalue weighted by molar-refractivity contribution is 5.79. The molecule has 4 heteroatoms. The van der Waals surface area contributed by atoms with Crippen LogP contribution in [0.15, 0.2) is 18.2 Å². The molecule has 1 aliphatic heterocycles. The van der Waals surface area contributed by atoms with Crippen LogP contribution in [0, 0.1) is 19.8 Å².